The maximum Gasteiger partial charge on any atom is 0.223 e. The van der Waals surface area contributed by atoms with Crippen LogP contribution in [0.2, 0.25) is 0 Å². The maximum atomic E-state index is 11.1. The van der Waals surface area contributed by atoms with E-state index in [9.17, 15) is 4.79 Å². The van der Waals surface area contributed by atoms with Gasteiger partial charge in [-0.05, 0) is 25.0 Å². The quantitative estimate of drug-likeness (QED) is 0.757. The monoisotopic (exact) mass is 251 g/mol. The van der Waals surface area contributed by atoms with E-state index in [1.54, 1.807) is 7.11 Å². The third-order valence-corrected chi connectivity index (χ3v) is 2.94. The van der Waals surface area contributed by atoms with Crippen molar-refractivity contribution in [3.8, 4) is 11.5 Å². The van der Waals surface area contributed by atoms with Gasteiger partial charge in [0.25, 0.3) is 0 Å². The molecule has 0 aromatic heterocycles. The smallest absolute Gasteiger partial charge is 0.223 e. The lowest BCUT2D eigenvalue weighted by Gasteiger charge is -2.20. The fourth-order valence-electron chi connectivity index (χ4n) is 1.56. The molecule has 0 radical (unpaired) electrons. The van der Waals surface area contributed by atoms with Crippen molar-refractivity contribution >= 4 is 5.91 Å². The summed E-state index contributed by atoms with van der Waals surface area (Å²) in [6.45, 7) is 4.23. The van der Waals surface area contributed by atoms with E-state index in [0.717, 1.165) is 12.2 Å². The molecule has 0 unspecified atom stereocenters. The molecular weight excluding hydrogens is 230 g/mol. The molecule has 0 aliphatic rings. The Morgan fingerprint density at radius 2 is 1.89 bits per heavy atom. The van der Waals surface area contributed by atoms with Crippen LogP contribution in [0, 0.1) is 5.41 Å². The minimum absolute atomic E-state index is 0.278. The number of hydrogen-bond acceptors (Lipinski definition) is 3. The second-order valence-electron chi connectivity index (χ2n) is 4.85. The first-order valence-corrected chi connectivity index (χ1v) is 6.03. The molecule has 1 aromatic rings. The predicted octanol–water partition coefficient (Wildman–Crippen LogP) is 2.37. The average molecular weight is 251 g/mol. The van der Waals surface area contributed by atoms with Crippen molar-refractivity contribution < 1.29 is 14.3 Å². The first kappa shape index (κ1) is 14.4. The SMILES string of the molecule is COc1ccccc1OCCCC(C)(C)C(N)=O. The van der Waals surface area contributed by atoms with Gasteiger partial charge >= 0.3 is 0 Å². The fourth-order valence-corrected chi connectivity index (χ4v) is 1.56. The Labute approximate surface area is 108 Å². The lowest BCUT2D eigenvalue weighted by molar-refractivity contribution is -0.126. The Bertz CT molecular complexity index is 402. The zero-order chi connectivity index (χ0) is 13.6. The van der Waals surface area contributed by atoms with E-state index in [1.807, 2.05) is 38.1 Å². The van der Waals surface area contributed by atoms with Gasteiger partial charge in [-0.25, -0.2) is 0 Å². The maximum absolute atomic E-state index is 11.1. The van der Waals surface area contributed by atoms with Crippen LogP contribution in [0.5, 0.6) is 11.5 Å². The number of benzene rings is 1. The van der Waals surface area contributed by atoms with Crippen LogP contribution in [0.4, 0.5) is 0 Å². The number of rotatable bonds is 7. The number of hydrogen-bond donors (Lipinski definition) is 1. The van der Waals surface area contributed by atoms with Crippen LogP contribution < -0.4 is 15.2 Å². The van der Waals surface area contributed by atoms with Crippen LogP contribution in [0.1, 0.15) is 26.7 Å². The van der Waals surface area contributed by atoms with Crippen molar-refractivity contribution in [2.75, 3.05) is 13.7 Å². The van der Waals surface area contributed by atoms with Crippen molar-refractivity contribution in [3.63, 3.8) is 0 Å². The largest absolute Gasteiger partial charge is 0.493 e. The van der Waals surface area contributed by atoms with E-state index in [4.69, 9.17) is 15.2 Å². The second kappa shape index (κ2) is 6.28. The summed E-state index contributed by atoms with van der Waals surface area (Å²) in [5.74, 6) is 1.16. The van der Waals surface area contributed by atoms with Gasteiger partial charge in [0, 0.05) is 5.41 Å². The summed E-state index contributed by atoms with van der Waals surface area (Å²) in [5, 5.41) is 0. The number of para-hydroxylation sites is 2. The van der Waals surface area contributed by atoms with E-state index < -0.39 is 5.41 Å². The van der Waals surface area contributed by atoms with Crippen molar-refractivity contribution in [2.24, 2.45) is 11.1 Å². The van der Waals surface area contributed by atoms with Crippen LogP contribution >= 0.6 is 0 Å². The van der Waals surface area contributed by atoms with Crippen molar-refractivity contribution in [3.05, 3.63) is 24.3 Å². The van der Waals surface area contributed by atoms with Crippen molar-refractivity contribution in [2.45, 2.75) is 26.7 Å². The first-order chi connectivity index (χ1) is 8.47. The molecule has 0 spiro atoms. The third kappa shape index (κ3) is 3.95. The van der Waals surface area contributed by atoms with Gasteiger partial charge in [-0.3, -0.25) is 4.79 Å². The highest BCUT2D eigenvalue weighted by atomic mass is 16.5. The molecule has 1 rings (SSSR count). The van der Waals surface area contributed by atoms with Crippen LogP contribution in [-0.2, 0) is 4.79 Å². The van der Waals surface area contributed by atoms with Crippen LogP contribution in [0.3, 0.4) is 0 Å². The van der Waals surface area contributed by atoms with Crippen molar-refractivity contribution in [1.82, 2.24) is 0 Å². The van der Waals surface area contributed by atoms with Crippen LogP contribution in [0.25, 0.3) is 0 Å². The van der Waals surface area contributed by atoms with E-state index >= 15 is 0 Å². The minimum Gasteiger partial charge on any atom is -0.493 e. The molecule has 18 heavy (non-hydrogen) atoms. The molecule has 0 aliphatic heterocycles. The Morgan fingerprint density at radius 3 is 2.44 bits per heavy atom. The fraction of sp³-hybridized carbons (Fsp3) is 0.500. The molecule has 4 nitrogen and oxygen atoms in total. The number of methoxy groups -OCH3 is 1. The Hall–Kier alpha value is -1.71. The zero-order valence-corrected chi connectivity index (χ0v) is 11.2. The second-order valence-corrected chi connectivity index (χ2v) is 4.85. The highest BCUT2D eigenvalue weighted by Crippen LogP contribution is 2.27. The molecule has 1 aromatic carbocycles. The molecule has 0 bridgehead atoms. The van der Waals surface area contributed by atoms with E-state index in [-0.39, 0.29) is 5.91 Å². The summed E-state index contributed by atoms with van der Waals surface area (Å²) >= 11 is 0. The highest BCUT2D eigenvalue weighted by molar-refractivity contribution is 5.79. The standard InChI is InChI=1S/C14H21NO3/c1-14(2,13(15)16)9-6-10-18-12-8-5-4-7-11(12)17-3/h4-5,7-8H,6,9-10H2,1-3H3,(H2,15,16). The number of ether oxygens (including phenoxy) is 2. The van der Waals surface area contributed by atoms with Gasteiger partial charge in [-0.15, -0.1) is 0 Å². The molecule has 0 saturated carbocycles. The van der Waals surface area contributed by atoms with Gasteiger partial charge in [0.15, 0.2) is 11.5 Å². The molecule has 1 amide bonds. The average Bonchev–Trinajstić information content (AvgIpc) is 2.35. The predicted molar refractivity (Wildman–Crippen MR) is 70.7 cm³/mol. The molecular formula is C14H21NO3. The van der Waals surface area contributed by atoms with Gasteiger partial charge in [-0.1, -0.05) is 26.0 Å². The molecule has 0 atom stereocenters. The summed E-state index contributed by atoms with van der Waals surface area (Å²) in [4.78, 5) is 11.1. The topological polar surface area (TPSA) is 61.6 Å². The molecule has 0 saturated heterocycles. The number of primary amides is 1. The molecule has 0 aliphatic carbocycles. The van der Waals surface area contributed by atoms with Crippen LogP contribution in [0.15, 0.2) is 24.3 Å². The van der Waals surface area contributed by atoms with E-state index in [2.05, 4.69) is 0 Å². The molecule has 2 N–H and O–H groups in total. The minimum atomic E-state index is -0.482. The van der Waals surface area contributed by atoms with Gasteiger partial charge in [0.2, 0.25) is 5.91 Å². The van der Waals surface area contributed by atoms with Crippen LogP contribution in [-0.4, -0.2) is 19.6 Å². The van der Waals surface area contributed by atoms with Gasteiger partial charge < -0.3 is 15.2 Å². The van der Waals surface area contributed by atoms with E-state index in [1.165, 1.54) is 0 Å². The Balaban J connectivity index is 2.41. The molecule has 100 valence electrons. The molecule has 4 heteroatoms. The number of amides is 1. The number of carbonyl (C=O) groups is 1. The lowest BCUT2D eigenvalue weighted by Crippen LogP contribution is -2.31. The van der Waals surface area contributed by atoms with Gasteiger partial charge in [-0.2, -0.15) is 0 Å². The lowest BCUT2D eigenvalue weighted by atomic mass is 9.87. The Kier molecular flexibility index (Phi) is 5.01. The molecule has 0 heterocycles. The normalized spacial score (nSPS) is 11.1. The van der Waals surface area contributed by atoms with Gasteiger partial charge in [0.05, 0.1) is 13.7 Å². The highest BCUT2D eigenvalue weighted by Gasteiger charge is 2.24. The van der Waals surface area contributed by atoms with Crippen molar-refractivity contribution in [1.29, 1.82) is 0 Å². The number of carbonyl (C=O) groups excluding carboxylic acids is 1. The van der Waals surface area contributed by atoms with E-state index in [0.29, 0.717) is 18.8 Å². The molecule has 0 fully saturated rings. The Morgan fingerprint density at radius 1 is 1.28 bits per heavy atom. The zero-order valence-electron chi connectivity index (χ0n) is 11.2. The number of nitrogens with two attached hydrogens (primary N) is 1. The summed E-state index contributed by atoms with van der Waals surface area (Å²) in [6, 6.07) is 7.49. The summed E-state index contributed by atoms with van der Waals surface area (Å²) in [6.07, 6.45) is 1.48. The van der Waals surface area contributed by atoms with Gasteiger partial charge in [0.1, 0.15) is 0 Å². The third-order valence-electron chi connectivity index (χ3n) is 2.94. The summed E-state index contributed by atoms with van der Waals surface area (Å²) < 4.78 is 10.8. The summed E-state index contributed by atoms with van der Waals surface area (Å²) in [5.41, 5.74) is 4.83. The summed E-state index contributed by atoms with van der Waals surface area (Å²) in [7, 11) is 1.61. The first-order valence-electron chi connectivity index (χ1n) is 6.03.